The molecule has 6 nitrogen and oxygen atoms in total. The Hall–Kier alpha value is -2.70. The minimum absolute atomic E-state index is 0. The van der Waals surface area contributed by atoms with Crippen LogP contribution in [0, 0.1) is 5.92 Å². The Balaban J connectivity index is 0.00000324. The van der Waals surface area contributed by atoms with Crippen molar-refractivity contribution in [3.8, 4) is 0 Å². The molecule has 2 atom stereocenters. The van der Waals surface area contributed by atoms with Crippen molar-refractivity contribution >= 4 is 30.4 Å². The number of hydrogen-bond donors (Lipinski definition) is 1. The molecule has 1 aliphatic heterocycles. The summed E-state index contributed by atoms with van der Waals surface area (Å²) in [5.74, 6) is -0.213. The summed E-state index contributed by atoms with van der Waals surface area (Å²) >= 11 is 0. The molecule has 34 heavy (non-hydrogen) atoms. The van der Waals surface area contributed by atoms with Crippen LogP contribution in [0.15, 0.2) is 47.6 Å². The Morgan fingerprint density at radius 2 is 1.79 bits per heavy atom. The van der Waals surface area contributed by atoms with Crippen molar-refractivity contribution in [2.24, 2.45) is 16.8 Å². The normalized spacial score (nSPS) is 19.9. The largest absolute Gasteiger partial charge is 0.466 e. The van der Waals surface area contributed by atoms with E-state index in [4.69, 9.17) is 10.5 Å². The Bertz CT molecular complexity index is 1020. The van der Waals surface area contributed by atoms with E-state index in [1.807, 2.05) is 48.7 Å². The van der Waals surface area contributed by atoms with E-state index in [1.165, 1.54) is 19.3 Å². The molecule has 1 fully saturated rings. The molecule has 2 N–H and O–H groups in total. The molecule has 0 aromatic heterocycles. The minimum Gasteiger partial charge on any atom is -0.466 e. The van der Waals surface area contributed by atoms with Gasteiger partial charge in [0.25, 0.3) is 0 Å². The third-order valence-corrected chi connectivity index (χ3v) is 6.67. The standard InChI is InChI=1S/C27H33N3O3.ClH/c1-2-33-25(31)17-22-12-10-20-11-13-23(16-24(20)26(22)28)27(32)21-8-6-19(7-9-21)18-29-30-14-4-3-5-15-30;/h6-9,11,13,16,18,22,26H,2-5,10,12,14-15,17,28H2,1H3;1H. The molecular weight excluding hydrogens is 450 g/mol. The number of carbonyl (C=O) groups excluding carboxylic acids is 2. The highest BCUT2D eigenvalue weighted by Gasteiger charge is 2.29. The summed E-state index contributed by atoms with van der Waals surface area (Å²) in [6.07, 6.45) is 7.54. The second-order valence-electron chi connectivity index (χ2n) is 8.96. The van der Waals surface area contributed by atoms with Gasteiger partial charge in [-0.05, 0) is 67.7 Å². The Morgan fingerprint density at radius 3 is 2.50 bits per heavy atom. The molecule has 4 rings (SSSR count). The van der Waals surface area contributed by atoms with Crippen LogP contribution in [-0.2, 0) is 16.0 Å². The molecular formula is C27H34ClN3O3. The quantitative estimate of drug-likeness (QED) is 0.351. The van der Waals surface area contributed by atoms with E-state index < -0.39 is 0 Å². The topological polar surface area (TPSA) is 85.0 Å². The molecule has 2 aromatic rings. The summed E-state index contributed by atoms with van der Waals surface area (Å²) in [7, 11) is 0. The fraction of sp³-hybridized carbons (Fsp3) is 0.444. The predicted molar refractivity (Wildman–Crippen MR) is 137 cm³/mol. The van der Waals surface area contributed by atoms with Crippen LogP contribution in [0.25, 0.3) is 0 Å². The number of esters is 1. The second kappa shape index (κ2) is 12.1. The highest BCUT2D eigenvalue weighted by Crippen LogP contribution is 2.35. The van der Waals surface area contributed by atoms with Crippen LogP contribution >= 0.6 is 12.4 Å². The zero-order valence-corrected chi connectivity index (χ0v) is 20.6. The summed E-state index contributed by atoms with van der Waals surface area (Å²) < 4.78 is 5.10. The van der Waals surface area contributed by atoms with E-state index in [-0.39, 0.29) is 36.1 Å². The first-order valence-corrected chi connectivity index (χ1v) is 12.0. The van der Waals surface area contributed by atoms with Crippen LogP contribution in [-0.4, -0.2) is 42.7 Å². The molecule has 2 aliphatic rings. The lowest BCUT2D eigenvalue weighted by molar-refractivity contribution is -0.144. The van der Waals surface area contributed by atoms with E-state index in [2.05, 4.69) is 10.1 Å². The summed E-state index contributed by atoms with van der Waals surface area (Å²) in [6, 6.07) is 13.1. The van der Waals surface area contributed by atoms with Gasteiger partial charge in [-0.2, -0.15) is 5.10 Å². The number of hydrogen-bond acceptors (Lipinski definition) is 6. The third kappa shape index (κ3) is 6.24. The van der Waals surface area contributed by atoms with Crippen molar-refractivity contribution in [2.45, 2.75) is 51.5 Å². The van der Waals surface area contributed by atoms with Gasteiger partial charge in [0.05, 0.1) is 19.2 Å². The number of benzene rings is 2. The molecule has 2 unspecified atom stereocenters. The average Bonchev–Trinajstić information content (AvgIpc) is 2.85. The van der Waals surface area contributed by atoms with Crippen molar-refractivity contribution in [1.82, 2.24) is 5.01 Å². The minimum atomic E-state index is -0.278. The van der Waals surface area contributed by atoms with E-state index in [0.29, 0.717) is 24.2 Å². The molecule has 2 aromatic carbocycles. The first-order chi connectivity index (χ1) is 16.0. The number of ether oxygens (including phenoxy) is 1. The van der Waals surface area contributed by atoms with E-state index in [9.17, 15) is 9.59 Å². The lowest BCUT2D eigenvalue weighted by Gasteiger charge is -2.30. The van der Waals surface area contributed by atoms with E-state index >= 15 is 0 Å². The Morgan fingerprint density at radius 1 is 1.09 bits per heavy atom. The number of fused-ring (bicyclic) bond motifs is 1. The van der Waals surface area contributed by atoms with Crippen LogP contribution in [0.3, 0.4) is 0 Å². The Labute approximate surface area is 208 Å². The maximum Gasteiger partial charge on any atom is 0.306 e. The fourth-order valence-corrected chi connectivity index (χ4v) is 4.74. The van der Waals surface area contributed by atoms with Gasteiger partial charge in [-0.3, -0.25) is 14.6 Å². The number of piperidine rings is 1. The van der Waals surface area contributed by atoms with Crippen LogP contribution in [0.2, 0.25) is 0 Å². The van der Waals surface area contributed by atoms with Gasteiger partial charge in [0.2, 0.25) is 0 Å². The summed E-state index contributed by atoms with van der Waals surface area (Å²) in [5, 5.41) is 6.66. The molecule has 7 heteroatoms. The van der Waals surface area contributed by atoms with Gasteiger partial charge in [-0.15, -0.1) is 12.4 Å². The van der Waals surface area contributed by atoms with E-state index in [0.717, 1.165) is 42.6 Å². The molecule has 0 saturated carbocycles. The zero-order valence-electron chi connectivity index (χ0n) is 19.7. The van der Waals surface area contributed by atoms with E-state index in [1.54, 1.807) is 6.92 Å². The number of carbonyl (C=O) groups is 2. The van der Waals surface area contributed by atoms with Gasteiger partial charge in [0, 0.05) is 30.3 Å². The molecule has 182 valence electrons. The number of aryl methyl sites for hydroxylation is 1. The predicted octanol–water partition coefficient (Wildman–Crippen LogP) is 4.67. The van der Waals surface area contributed by atoms with Gasteiger partial charge in [0.15, 0.2) is 5.78 Å². The maximum absolute atomic E-state index is 13.1. The maximum atomic E-state index is 13.1. The van der Waals surface area contributed by atoms with Crippen molar-refractivity contribution in [3.63, 3.8) is 0 Å². The van der Waals surface area contributed by atoms with Gasteiger partial charge in [-0.25, -0.2) is 0 Å². The zero-order chi connectivity index (χ0) is 23.2. The second-order valence-corrected chi connectivity index (χ2v) is 8.96. The van der Waals surface area contributed by atoms with Gasteiger partial charge in [0.1, 0.15) is 0 Å². The number of nitrogens with two attached hydrogens (primary N) is 1. The first kappa shape index (κ1) is 25.9. The van der Waals surface area contributed by atoms with Gasteiger partial charge in [-0.1, -0.05) is 36.4 Å². The molecule has 1 aliphatic carbocycles. The average molecular weight is 484 g/mol. The van der Waals surface area contributed by atoms with Crippen molar-refractivity contribution in [1.29, 1.82) is 0 Å². The highest BCUT2D eigenvalue weighted by molar-refractivity contribution is 6.09. The fourth-order valence-electron chi connectivity index (χ4n) is 4.74. The Kier molecular flexibility index (Phi) is 9.25. The lowest BCUT2D eigenvalue weighted by Crippen LogP contribution is -2.30. The van der Waals surface area contributed by atoms with Crippen LogP contribution < -0.4 is 5.73 Å². The molecule has 0 amide bonds. The third-order valence-electron chi connectivity index (χ3n) is 6.67. The molecule has 0 radical (unpaired) electrons. The number of hydrazone groups is 1. The molecule has 1 heterocycles. The monoisotopic (exact) mass is 483 g/mol. The van der Waals surface area contributed by atoms with Gasteiger partial charge < -0.3 is 10.5 Å². The highest BCUT2D eigenvalue weighted by atomic mass is 35.5. The summed E-state index contributed by atoms with van der Waals surface area (Å²) in [5.41, 5.74) is 10.9. The summed E-state index contributed by atoms with van der Waals surface area (Å²) in [6.45, 7) is 4.20. The SMILES string of the molecule is CCOC(=O)CC1CCc2ccc(C(=O)c3ccc(C=NN4CCCCC4)cc3)cc2C1N.Cl. The number of rotatable bonds is 7. The number of ketones is 1. The van der Waals surface area contributed by atoms with Crippen LogP contribution in [0.1, 0.15) is 77.7 Å². The van der Waals surface area contributed by atoms with Crippen molar-refractivity contribution < 1.29 is 14.3 Å². The molecule has 0 bridgehead atoms. The first-order valence-electron chi connectivity index (χ1n) is 12.0. The van der Waals surface area contributed by atoms with Crippen LogP contribution in [0.5, 0.6) is 0 Å². The summed E-state index contributed by atoms with van der Waals surface area (Å²) in [4.78, 5) is 25.1. The van der Waals surface area contributed by atoms with Crippen molar-refractivity contribution in [3.05, 3.63) is 70.3 Å². The smallest absolute Gasteiger partial charge is 0.306 e. The molecule has 1 saturated heterocycles. The molecule has 0 spiro atoms. The number of nitrogens with zero attached hydrogens (tertiary/aromatic N) is 2. The van der Waals surface area contributed by atoms with Gasteiger partial charge >= 0.3 is 5.97 Å². The van der Waals surface area contributed by atoms with Crippen molar-refractivity contribution in [2.75, 3.05) is 19.7 Å². The van der Waals surface area contributed by atoms with Crippen LogP contribution in [0.4, 0.5) is 0 Å². The number of halogens is 1. The lowest BCUT2D eigenvalue weighted by atomic mass is 9.77.